The van der Waals surface area contributed by atoms with Gasteiger partial charge in [0.05, 0.1) is 18.6 Å². The van der Waals surface area contributed by atoms with Gasteiger partial charge in [-0.3, -0.25) is 9.10 Å². The maximum atomic E-state index is 12.3. The molecule has 26 heavy (non-hydrogen) atoms. The first-order chi connectivity index (χ1) is 12.4. The average molecular weight is 381 g/mol. The van der Waals surface area contributed by atoms with Crippen LogP contribution < -0.4 is 14.4 Å². The van der Waals surface area contributed by atoms with E-state index in [0.717, 1.165) is 29.8 Å². The zero-order valence-corrected chi connectivity index (χ0v) is 16.3. The van der Waals surface area contributed by atoms with Crippen molar-refractivity contribution in [3.8, 4) is 5.75 Å². The normalized spacial score (nSPS) is 14.5. The molecule has 0 aromatic heterocycles. The highest BCUT2D eigenvalue weighted by Crippen LogP contribution is 2.23. The molecule has 1 aliphatic rings. The molecule has 0 radical (unpaired) electrons. The fourth-order valence-corrected chi connectivity index (χ4v) is 3.82. The highest BCUT2D eigenvalue weighted by molar-refractivity contribution is 7.92. The molecule has 1 aromatic carbocycles. The van der Waals surface area contributed by atoms with Crippen LogP contribution in [0.1, 0.15) is 39.0 Å². The lowest BCUT2D eigenvalue weighted by molar-refractivity contribution is -0.119. The molecule has 0 unspecified atom stereocenters. The van der Waals surface area contributed by atoms with Gasteiger partial charge < -0.3 is 10.1 Å². The second-order valence-electron chi connectivity index (χ2n) is 6.41. The van der Waals surface area contributed by atoms with Crippen LogP contribution in [0, 0.1) is 0 Å². The Balaban J connectivity index is 1.98. The molecule has 0 fully saturated rings. The van der Waals surface area contributed by atoms with Crippen LogP contribution in [-0.4, -0.2) is 40.3 Å². The van der Waals surface area contributed by atoms with Gasteiger partial charge in [-0.05, 0) is 51.2 Å². The number of benzene rings is 1. The van der Waals surface area contributed by atoms with Gasteiger partial charge in [-0.25, -0.2) is 8.42 Å². The van der Waals surface area contributed by atoms with E-state index in [-0.39, 0.29) is 12.5 Å². The van der Waals surface area contributed by atoms with Crippen LogP contribution in [0.15, 0.2) is 35.9 Å². The maximum absolute atomic E-state index is 12.3. The fraction of sp³-hybridized carbons (Fsp3) is 0.526. The molecular formula is C19H28N2O4S. The number of nitrogens with one attached hydrogen (secondary N) is 1. The Kier molecular flexibility index (Phi) is 7.50. The van der Waals surface area contributed by atoms with Gasteiger partial charge in [0.1, 0.15) is 12.3 Å². The van der Waals surface area contributed by atoms with Crippen LogP contribution in [0.3, 0.4) is 0 Å². The number of rotatable bonds is 9. The summed E-state index contributed by atoms with van der Waals surface area (Å²) >= 11 is 0. The first kappa shape index (κ1) is 20.3. The van der Waals surface area contributed by atoms with Gasteiger partial charge in [-0.2, -0.15) is 0 Å². The summed E-state index contributed by atoms with van der Waals surface area (Å²) in [7, 11) is -3.58. The van der Waals surface area contributed by atoms with E-state index in [2.05, 4.69) is 11.4 Å². The van der Waals surface area contributed by atoms with Gasteiger partial charge in [-0.1, -0.05) is 17.7 Å². The van der Waals surface area contributed by atoms with Gasteiger partial charge in [-0.15, -0.1) is 0 Å². The van der Waals surface area contributed by atoms with Crippen molar-refractivity contribution in [1.82, 2.24) is 5.32 Å². The first-order valence-electron chi connectivity index (χ1n) is 9.05. The molecular weight excluding hydrogens is 352 g/mol. The zero-order valence-electron chi connectivity index (χ0n) is 15.5. The number of hydrogen-bond donors (Lipinski definition) is 1. The predicted octanol–water partition coefficient (Wildman–Crippen LogP) is 2.86. The lowest BCUT2D eigenvalue weighted by Crippen LogP contribution is -2.40. The number of sulfonamides is 1. The van der Waals surface area contributed by atoms with Crippen LogP contribution in [0.25, 0.3) is 0 Å². The Morgan fingerprint density at radius 3 is 2.77 bits per heavy atom. The number of nitrogens with zero attached hydrogens (tertiary/aromatic N) is 1. The number of hydrogen-bond acceptors (Lipinski definition) is 4. The fourth-order valence-electron chi connectivity index (χ4n) is 2.98. The third kappa shape index (κ3) is 6.37. The van der Waals surface area contributed by atoms with Crippen LogP contribution in [0.5, 0.6) is 5.75 Å². The van der Waals surface area contributed by atoms with Crippen LogP contribution in [0.2, 0.25) is 0 Å². The third-order valence-corrected chi connectivity index (χ3v) is 5.40. The number of allylic oxidation sites excluding steroid dienone is 1. The summed E-state index contributed by atoms with van der Waals surface area (Å²) in [5, 5.41) is 2.82. The molecule has 0 saturated carbocycles. The van der Waals surface area contributed by atoms with Crippen molar-refractivity contribution >= 4 is 21.6 Å². The van der Waals surface area contributed by atoms with Gasteiger partial charge in [0.2, 0.25) is 15.9 Å². The molecule has 0 saturated heterocycles. The number of amides is 1. The lowest BCUT2D eigenvalue weighted by Gasteiger charge is -2.22. The Morgan fingerprint density at radius 1 is 1.31 bits per heavy atom. The summed E-state index contributed by atoms with van der Waals surface area (Å²) in [4.78, 5) is 12.3. The Labute approximate surface area is 156 Å². The molecule has 0 spiro atoms. The molecule has 0 bridgehead atoms. The van der Waals surface area contributed by atoms with Gasteiger partial charge in [0, 0.05) is 12.6 Å². The second kappa shape index (κ2) is 9.62. The first-order valence-corrected chi connectivity index (χ1v) is 10.9. The van der Waals surface area contributed by atoms with Crippen LogP contribution in [-0.2, 0) is 14.8 Å². The molecule has 0 heterocycles. The molecule has 1 aromatic rings. The Bertz CT molecular complexity index is 744. The topological polar surface area (TPSA) is 75.7 Å². The highest BCUT2D eigenvalue weighted by Gasteiger charge is 2.21. The van der Waals surface area contributed by atoms with E-state index in [0.29, 0.717) is 24.6 Å². The minimum Gasteiger partial charge on any atom is -0.494 e. The molecule has 1 aliphatic carbocycles. The van der Waals surface area contributed by atoms with E-state index in [4.69, 9.17) is 4.74 Å². The van der Waals surface area contributed by atoms with E-state index >= 15 is 0 Å². The lowest BCUT2D eigenvalue weighted by atomic mass is 9.97. The second-order valence-corrected chi connectivity index (χ2v) is 8.31. The summed E-state index contributed by atoms with van der Waals surface area (Å²) in [5.41, 5.74) is 1.80. The van der Waals surface area contributed by atoms with Crippen molar-refractivity contribution in [3.05, 3.63) is 35.9 Å². The van der Waals surface area contributed by atoms with Crippen molar-refractivity contribution in [2.75, 3.05) is 30.3 Å². The molecule has 2 rings (SSSR count). The molecule has 6 nitrogen and oxygen atoms in total. The quantitative estimate of drug-likeness (QED) is 0.669. The monoisotopic (exact) mass is 380 g/mol. The SMILES string of the molecule is CCOc1cccc(N(CC(=O)NCCC2=CCCCC2)S(C)(=O)=O)c1. The zero-order chi connectivity index (χ0) is 19.0. The Morgan fingerprint density at radius 2 is 2.12 bits per heavy atom. The summed E-state index contributed by atoms with van der Waals surface area (Å²) in [6.45, 7) is 2.63. The van der Waals surface area contributed by atoms with Gasteiger partial charge >= 0.3 is 0 Å². The minimum atomic E-state index is -3.58. The average Bonchev–Trinajstić information content (AvgIpc) is 2.60. The van der Waals surface area contributed by atoms with E-state index in [1.54, 1.807) is 24.3 Å². The summed E-state index contributed by atoms with van der Waals surface area (Å²) in [6, 6.07) is 6.76. The largest absolute Gasteiger partial charge is 0.494 e. The molecule has 7 heteroatoms. The van der Waals surface area contributed by atoms with E-state index in [1.165, 1.54) is 18.4 Å². The molecule has 1 amide bonds. The summed E-state index contributed by atoms with van der Waals surface area (Å²) in [6.07, 6.45) is 8.82. The summed E-state index contributed by atoms with van der Waals surface area (Å²) < 4.78 is 30.8. The van der Waals surface area contributed by atoms with Crippen LogP contribution >= 0.6 is 0 Å². The molecule has 1 N–H and O–H groups in total. The van der Waals surface area contributed by atoms with Crippen molar-refractivity contribution in [3.63, 3.8) is 0 Å². The van der Waals surface area contributed by atoms with Crippen molar-refractivity contribution in [2.24, 2.45) is 0 Å². The molecule has 0 aliphatic heterocycles. The summed E-state index contributed by atoms with van der Waals surface area (Å²) in [5.74, 6) is 0.261. The highest BCUT2D eigenvalue weighted by atomic mass is 32.2. The predicted molar refractivity (Wildman–Crippen MR) is 104 cm³/mol. The van der Waals surface area contributed by atoms with Crippen molar-refractivity contribution < 1.29 is 17.9 Å². The van der Waals surface area contributed by atoms with Gasteiger partial charge in [0.25, 0.3) is 0 Å². The third-order valence-electron chi connectivity index (χ3n) is 4.26. The van der Waals surface area contributed by atoms with Gasteiger partial charge in [0.15, 0.2) is 0 Å². The Hall–Kier alpha value is -2.02. The number of anilines is 1. The molecule has 0 atom stereocenters. The minimum absolute atomic E-state index is 0.243. The van der Waals surface area contributed by atoms with E-state index in [1.807, 2.05) is 6.92 Å². The van der Waals surface area contributed by atoms with Crippen molar-refractivity contribution in [2.45, 2.75) is 39.0 Å². The smallest absolute Gasteiger partial charge is 0.240 e. The number of carbonyl (C=O) groups excluding carboxylic acids is 1. The maximum Gasteiger partial charge on any atom is 0.240 e. The van der Waals surface area contributed by atoms with Crippen molar-refractivity contribution in [1.29, 1.82) is 0 Å². The molecule has 144 valence electrons. The van der Waals surface area contributed by atoms with Crippen LogP contribution in [0.4, 0.5) is 5.69 Å². The van der Waals surface area contributed by atoms with E-state index < -0.39 is 10.0 Å². The van der Waals surface area contributed by atoms with E-state index in [9.17, 15) is 13.2 Å². The number of ether oxygens (including phenoxy) is 1. The standard InChI is InChI=1S/C19H28N2O4S/c1-3-25-18-11-7-10-17(14-18)21(26(2,23)24)15-19(22)20-13-12-16-8-5-4-6-9-16/h7-8,10-11,14H,3-6,9,12-13,15H2,1-2H3,(H,20,22). The number of carbonyl (C=O) groups is 1.